The molecule has 0 aromatic carbocycles. The summed E-state index contributed by atoms with van der Waals surface area (Å²) in [5.41, 5.74) is -1.57. The fourth-order valence-electron chi connectivity index (χ4n) is 0.730. The Kier molecular flexibility index (Phi) is 5.33. The van der Waals surface area contributed by atoms with Gasteiger partial charge in [0.05, 0.1) is 19.3 Å². The highest BCUT2D eigenvalue weighted by molar-refractivity contribution is 7.90. The molecular formula is C8H17NO6S. The SMILES string of the molecule is COC(=O)C(C)S(=O)(=O)NCC(C)(O)CO. The largest absolute Gasteiger partial charge is 0.468 e. The van der Waals surface area contributed by atoms with E-state index in [0.29, 0.717) is 0 Å². The van der Waals surface area contributed by atoms with Crippen LogP contribution < -0.4 is 4.72 Å². The summed E-state index contributed by atoms with van der Waals surface area (Å²) in [5, 5.41) is 16.7. The first kappa shape index (κ1) is 15.3. The van der Waals surface area contributed by atoms with Crippen molar-refractivity contribution in [2.45, 2.75) is 24.7 Å². The summed E-state index contributed by atoms with van der Waals surface area (Å²) >= 11 is 0. The second-order valence-electron chi connectivity index (χ2n) is 3.69. The van der Waals surface area contributed by atoms with Crippen LogP contribution in [0.2, 0.25) is 0 Å². The first-order valence-electron chi connectivity index (χ1n) is 4.56. The first-order valence-corrected chi connectivity index (χ1v) is 6.10. The van der Waals surface area contributed by atoms with E-state index in [4.69, 9.17) is 5.11 Å². The molecule has 0 fully saturated rings. The lowest BCUT2D eigenvalue weighted by atomic mass is 10.1. The van der Waals surface area contributed by atoms with Crippen molar-refractivity contribution in [3.8, 4) is 0 Å². The van der Waals surface area contributed by atoms with Gasteiger partial charge < -0.3 is 14.9 Å². The number of ether oxygens (including phenoxy) is 1. The number of sulfonamides is 1. The number of carbonyl (C=O) groups excluding carboxylic acids is 1. The number of hydrogen-bond acceptors (Lipinski definition) is 6. The van der Waals surface area contributed by atoms with Crippen molar-refractivity contribution in [3.05, 3.63) is 0 Å². The predicted octanol–water partition coefficient (Wildman–Crippen LogP) is -1.79. The van der Waals surface area contributed by atoms with Crippen LogP contribution in [0.5, 0.6) is 0 Å². The Hall–Kier alpha value is -0.700. The zero-order valence-electron chi connectivity index (χ0n) is 9.43. The number of esters is 1. The van der Waals surface area contributed by atoms with Crippen LogP contribution >= 0.6 is 0 Å². The molecule has 0 rings (SSSR count). The highest BCUT2D eigenvalue weighted by Gasteiger charge is 2.31. The molecule has 0 aromatic heterocycles. The quantitative estimate of drug-likeness (QED) is 0.483. The lowest BCUT2D eigenvalue weighted by molar-refractivity contribution is -0.139. The molecule has 0 spiro atoms. The molecular weight excluding hydrogens is 238 g/mol. The van der Waals surface area contributed by atoms with E-state index in [2.05, 4.69) is 4.74 Å². The van der Waals surface area contributed by atoms with Crippen LogP contribution in [0.4, 0.5) is 0 Å². The summed E-state index contributed by atoms with van der Waals surface area (Å²) < 4.78 is 29.3. The molecule has 7 nitrogen and oxygen atoms in total. The fourth-order valence-corrected chi connectivity index (χ4v) is 1.84. The van der Waals surface area contributed by atoms with Crippen LogP contribution in [-0.2, 0) is 19.6 Å². The zero-order valence-corrected chi connectivity index (χ0v) is 10.2. The Bertz CT molecular complexity index is 336. The summed E-state index contributed by atoms with van der Waals surface area (Å²) in [6.45, 7) is 1.45. The topological polar surface area (TPSA) is 113 Å². The minimum Gasteiger partial charge on any atom is -0.468 e. The Morgan fingerprint density at radius 2 is 2.06 bits per heavy atom. The number of nitrogens with one attached hydrogen (secondary N) is 1. The van der Waals surface area contributed by atoms with E-state index in [1.54, 1.807) is 0 Å². The van der Waals surface area contributed by atoms with Gasteiger partial charge in [-0.15, -0.1) is 0 Å². The maximum atomic E-state index is 11.5. The van der Waals surface area contributed by atoms with Gasteiger partial charge in [-0.25, -0.2) is 13.1 Å². The molecule has 16 heavy (non-hydrogen) atoms. The van der Waals surface area contributed by atoms with Gasteiger partial charge in [-0.05, 0) is 13.8 Å². The first-order chi connectivity index (χ1) is 7.16. The highest BCUT2D eigenvalue weighted by atomic mass is 32.2. The predicted molar refractivity (Wildman–Crippen MR) is 56.1 cm³/mol. The Morgan fingerprint density at radius 1 is 1.56 bits per heavy atom. The van der Waals surface area contributed by atoms with Crippen LogP contribution in [0.15, 0.2) is 0 Å². The fraction of sp³-hybridized carbons (Fsp3) is 0.875. The number of rotatable bonds is 6. The van der Waals surface area contributed by atoms with Crippen LogP contribution in [0, 0.1) is 0 Å². The molecule has 0 saturated heterocycles. The van der Waals surface area contributed by atoms with E-state index < -0.39 is 33.5 Å². The molecule has 2 atom stereocenters. The molecule has 96 valence electrons. The molecule has 0 heterocycles. The van der Waals surface area contributed by atoms with Crippen molar-refractivity contribution < 1.29 is 28.2 Å². The second kappa shape index (κ2) is 5.58. The van der Waals surface area contributed by atoms with Crippen molar-refractivity contribution in [2.75, 3.05) is 20.3 Å². The van der Waals surface area contributed by atoms with Crippen LogP contribution in [0.25, 0.3) is 0 Å². The van der Waals surface area contributed by atoms with E-state index in [1.807, 2.05) is 4.72 Å². The summed E-state index contributed by atoms with van der Waals surface area (Å²) in [7, 11) is -2.83. The Balaban J connectivity index is 4.54. The smallest absolute Gasteiger partial charge is 0.325 e. The molecule has 3 N–H and O–H groups in total. The summed E-state index contributed by atoms with van der Waals surface area (Å²) in [4.78, 5) is 11.0. The van der Waals surface area contributed by atoms with Gasteiger partial charge in [0, 0.05) is 6.54 Å². The number of aliphatic hydroxyl groups excluding tert-OH is 1. The number of carbonyl (C=O) groups is 1. The van der Waals surface area contributed by atoms with Gasteiger partial charge in [-0.2, -0.15) is 0 Å². The molecule has 0 aliphatic carbocycles. The van der Waals surface area contributed by atoms with Gasteiger partial charge in [0.25, 0.3) is 0 Å². The van der Waals surface area contributed by atoms with Gasteiger partial charge in [0.2, 0.25) is 10.0 Å². The van der Waals surface area contributed by atoms with E-state index in [0.717, 1.165) is 7.11 Å². The third-order valence-corrected chi connectivity index (χ3v) is 3.66. The molecule has 0 bridgehead atoms. The molecule has 0 aliphatic rings. The molecule has 0 radical (unpaired) electrons. The van der Waals surface area contributed by atoms with E-state index >= 15 is 0 Å². The van der Waals surface area contributed by atoms with Crippen LogP contribution in [-0.4, -0.2) is 55.7 Å². The summed E-state index contributed by atoms with van der Waals surface area (Å²) in [5.74, 6) is -0.892. The van der Waals surface area contributed by atoms with E-state index in [1.165, 1.54) is 13.8 Å². The standard InChI is InChI=1S/C8H17NO6S/c1-6(7(11)15-3)16(13,14)9-4-8(2,12)5-10/h6,9-10,12H,4-5H2,1-3H3. The number of aliphatic hydroxyl groups is 2. The average Bonchev–Trinajstić information content (AvgIpc) is 2.24. The Labute approximate surface area is 94.5 Å². The molecule has 0 aromatic rings. The van der Waals surface area contributed by atoms with Crippen LogP contribution in [0.3, 0.4) is 0 Å². The van der Waals surface area contributed by atoms with Crippen molar-refractivity contribution in [1.29, 1.82) is 0 Å². The Morgan fingerprint density at radius 3 is 2.44 bits per heavy atom. The van der Waals surface area contributed by atoms with E-state index in [-0.39, 0.29) is 6.54 Å². The minimum absolute atomic E-state index is 0.382. The number of hydrogen-bond donors (Lipinski definition) is 3. The average molecular weight is 255 g/mol. The summed E-state index contributed by atoms with van der Waals surface area (Å²) in [6.07, 6.45) is 0. The maximum Gasteiger partial charge on any atom is 0.325 e. The molecule has 0 amide bonds. The van der Waals surface area contributed by atoms with Crippen molar-refractivity contribution in [2.24, 2.45) is 0 Å². The molecule has 8 heteroatoms. The monoisotopic (exact) mass is 255 g/mol. The summed E-state index contributed by atoms with van der Waals surface area (Å²) in [6, 6.07) is 0. The normalized spacial score (nSPS) is 17.6. The lowest BCUT2D eigenvalue weighted by Crippen LogP contribution is -2.47. The molecule has 0 aliphatic heterocycles. The van der Waals surface area contributed by atoms with Gasteiger partial charge in [0.1, 0.15) is 0 Å². The van der Waals surface area contributed by atoms with Gasteiger partial charge >= 0.3 is 5.97 Å². The maximum absolute atomic E-state index is 11.5. The third kappa shape index (κ3) is 4.44. The second-order valence-corrected chi connectivity index (χ2v) is 5.77. The van der Waals surface area contributed by atoms with Gasteiger partial charge in [0.15, 0.2) is 5.25 Å². The molecule has 0 saturated carbocycles. The van der Waals surface area contributed by atoms with Crippen LogP contribution in [0.1, 0.15) is 13.8 Å². The highest BCUT2D eigenvalue weighted by Crippen LogP contribution is 2.04. The van der Waals surface area contributed by atoms with Gasteiger partial charge in [-0.1, -0.05) is 0 Å². The minimum atomic E-state index is -3.91. The van der Waals surface area contributed by atoms with E-state index in [9.17, 15) is 18.3 Å². The third-order valence-electron chi connectivity index (χ3n) is 1.99. The van der Waals surface area contributed by atoms with Gasteiger partial charge in [-0.3, -0.25) is 4.79 Å². The lowest BCUT2D eigenvalue weighted by Gasteiger charge is -2.21. The zero-order chi connectivity index (χ0) is 13.0. The molecule has 2 unspecified atom stereocenters. The van der Waals surface area contributed by atoms with Crippen molar-refractivity contribution in [3.63, 3.8) is 0 Å². The number of methoxy groups -OCH3 is 1. The van der Waals surface area contributed by atoms with Crippen molar-refractivity contribution in [1.82, 2.24) is 4.72 Å². The van der Waals surface area contributed by atoms with Crippen molar-refractivity contribution >= 4 is 16.0 Å².